The smallest absolute Gasteiger partial charge is 0.0666 e. The number of hydrogen-bond donors (Lipinski definition) is 1. The maximum atomic E-state index is 4.47. The molecule has 0 atom stereocenters. The molecule has 0 spiro atoms. The molecule has 0 saturated heterocycles. The Balaban J connectivity index is 1.85. The average molecular weight is 253 g/mol. The summed E-state index contributed by atoms with van der Waals surface area (Å²) in [5.41, 5.74) is 2.58. The van der Waals surface area contributed by atoms with Gasteiger partial charge >= 0.3 is 0 Å². The number of aryl methyl sites for hydroxylation is 2. The molecular formula is C13H23N3S. The van der Waals surface area contributed by atoms with Gasteiger partial charge in [0.05, 0.1) is 5.69 Å². The minimum Gasteiger partial charge on any atom is -0.311 e. The summed E-state index contributed by atoms with van der Waals surface area (Å²) in [7, 11) is 2.00. The van der Waals surface area contributed by atoms with E-state index in [0.717, 1.165) is 19.5 Å². The maximum absolute atomic E-state index is 4.47. The molecule has 1 aliphatic carbocycles. The van der Waals surface area contributed by atoms with Crippen molar-refractivity contribution in [1.82, 2.24) is 15.1 Å². The summed E-state index contributed by atoms with van der Waals surface area (Å²) >= 11 is 2.03. The van der Waals surface area contributed by atoms with Gasteiger partial charge in [-0.3, -0.25) is 4.68 Å². The Morgan fingerprint density at radius 1 is 1.53 bits per heavy atom. The molecule has 1 N–H and O–H groups in total. The lowest BCUT2D eigenvalue weighted by molar-refractivity contribution is 0.345. The van der Waals surface area contributed by atoms with Crippen LogP contribution >= 0.6 is 11.8 Å². The van der Waals surface area contributed by atoms with Gasteiger partial charge in [-0.15, -0.1) is 0 Å². The Hall–Kier alpha value is -0.480. The molecule has 1 aromatic rings. The largest absolute Gasteiger partial charge is 0.311 e. The predicted octanol–water partition coefficient (Wildman–Crippen LogP) is 2.36. The van der Waals surface area contributed by atoms with E-state index in [1.165, 1.54) is 30.5 Å². The average Bonchev–Trinajstić information content (AvgIpc) is 2.63. The van der Waals surface area contributed by atoms with Crippen molar-refractivity contribution >= 4 is 11.8 Å². The van der Waals surface area contributed by atoms with Gasteiger partial charge < -0.3 is 5.32 Å². The summed E-state index contributed by atoms with van der Waals surface area (Å²) in [5, 5.41) is 8.08. The third kappa shape index (κ3) is 2.86. The van der Waals surface area contributed by atoms with Crippen LogP contribution in [0.1, 0.15) is 37.4 Å². The molecule has 0 aromatic carbocycles. The van der Waals surface area contributed by atoms with Crippen molar-refractivity contribution in [3.05, 3.63) is 17.5 Å². The Morgan fingerprint density at radius 3 is 2.82 bits per heavy atom. The van der Waals surface area contributed by atoms with Crippen LogP contribution in [0.4, 0.5) is 0 Å². The molecule has 1 aliphatic rings. The van der Waals surface area contributed by atoms with Crippen molar-refractivity contribution in [2.45, 2.75) is 43.9 Å². The summed E-state index contributed by atoms with van der Waals surface area (Å²) in [6.45, 7) is 4.26. The van der Waals surface area contributed by atoms with Gasteiger partial charge in [0.1, 0.15) is 0 Å². The van der Waals surface area contributed by atoms with E-state index in [9.17, 15) is 0 Å². The fourth-order valence-corrected chi connectivity index (χ4v) is 3.42. The van der Waals surface area contributed by atoms with E-state index < -0.39 is 0 Å². The minimum atomic E-state index is 0.522. The Labute approximate surface area is 108 Å². The van der Waals surface area contributed by atoms with Gasteiger partial charge in [0.2, 0.25) is 0 Å². The van der Waals surface area contributed by atoms with E-state index in [-0.39, 0.29) is 0 Å². The lowest BCUT2D eigenvalue weighted by Crippen LogP contribution is -2.43. The van der Waals surface area contributed by atoms with Crippen LogP contribution in [0.15, 0.2) is 6.20 Å². The monoisotopic (exact) mass is 253 g/mol. The predicted molar refractivity (Wildman–Crippen MR) is 74.4 cm³/mol. The fraction of sp³-hybridized carbons (Fsp3) is 0.769. The van der Waals surface area contributed by atoms with E-state index in [0.29, 0.717) is 4.75 Å². The summed E-state index contributed by atoms with van der Waals surface area (Å²) < 4.78 is 2.44. The molecule has 2 rings (SSSR count). The molecule has 4 heteroatoms. The van der Waals surface area contributed by atoms with E-state index in [1.54, 1.807) is 0 Å². The van der Waals surface area contributed by atoms with Crippen LogP contribution in [-0.4, -0.2) is 27.3 Å². The number of rotatable bonds is 6. The quantitative estimate of drug-likeness (QED) is 0.844. The van der Waals surface area contributed by atoms with Gasteiger partial charge in [-0.1, -0.05) is 13.3 Å². The van der Waals surface area contributed by atoms with Crippen molar-refractivity contribution < 1.29 is 0 Å². The maximum Gasteiger partial charge on any atom is 0.0666 e. The molecular weight excluding hydrogens is 230 g/mol. The molecule has 96 valence electrons. The first-order valence-corrected chi connectivity index (χ1v) is 7.69. The lowest BCUT2D eigenvalue weighted by Gasteiger charge is -2.40. The fourth-order valence-electron chi connectivity index (χ4n) is 2.48. The molecule has 1 saturated carbocycles. The number of nitrogens with zero attached hydrogens (tertiary/aromatic N) is 2. The van der Waals surface area contributed by atoms with E-state index >= 15 is 0 Å². The molecule has 0 bridgehead atoms. The molecule has 0 aliphatic heterocycles. The van der Waals surface area contributed by atoms with Crippen LogP contribution in [0.3, 0.4) is 0 Å². The first-order valence-electron chi connectivity index (χ1n) is 6.46. The van der Waals surface area contributed by atoms with Gasteiger partial charge in [-0.2, -0.15) is 16.9 Å². The van der Waals surface area contributed by atoms with Gasteiger partial charge in [0.25, 0.3) is 0 Å². The van der Waals surface area contributed by atoms with Crippen LogP contribution in [0, 0.1) is 0 Å². The van der Waals surface area contributed by atoms with Gasteiger partial charge in [0, 0.05) is 36.6 Å². The number of thioether (sulfide) groups is 1. The highest BCUT2D eigenvalue weighted by atomic mass is 32.2. The van der Waals surface area contributed by atoms with Crippen LogP contribution in [0.2, 0.25) is 0 Å². The zero-order valence-electron chi connectivity index (χ0n) is 11.1. The Morgan fingerprint density at radius 2 is 2.29 bits per heavy atom. The normalized spacial score (nSPS) is 18.1. The Kier molecular flexibility index (Phi) is 4.15. The van der Waals surface area contributed by atoms with Crippen molar-refractivity contribution in [3.8, 4) is 0 Å². The van der Waals surface area contributed by atoms with Crippen molar-refractivity contribution in [3.63, 3.8) is 0 Å². The summed E-state index contributed by atoms with van der Waals surface area (Å²) in [4.78, 5) is 0. The summed E-state index contributed by atoms with van der Waals surface area (Å²) in [6.07, 6.45) is 9.53. The SMILES string of the molecule is CCc1nn(C)cc1CNCC1(SC)CCC1. The van der Waals surface area contributed by atoms with Crippen molar-refractivity contribution in [2.24, 2.45) is 7.05 Å². The van der Waals surface area contributed by atoms with Crippen molar-refractivity contribution in [2.75, 3.05) is 12.8 Å². The minimum absolute atomic E-state index is 0.522. The molecule has 3 nitrogen and oxygen atoms in total. The summed E-state index contributed by atoms with van der Waals surface area (Å²) in [5.74, 6) is 0. The zero-order valence-corrected chi connectivity index (χ0v) is 11.9. The van der Waals surface area contributed by atoms with Crippen LogP contribution in [0.25, 0.3) is 0 Å². The second kappa shape index (κ2) is 5.44. The molecule has 1 aromatic heterocycles. The zero-order chi connectivity index (χ0) is 12.3. The highest BCUT2D eigenvalue weighted by molar-refractivity contribution is 8.00. The first kappa shape index (κ1) is 13.0. The lowest BCUT2D eigenvalue weighted by atomic mass is 9.84. The van der Waals surface area contributed by atoms with Crippen molar-refractivity contribution in [1.29, 1.82) is 0 Å². The third-order valence-corrected chi connectivity index (χ3v) is 5.21. The second-order valence-electron chi connectivity index (χ2n) is 4.97. The van der Waals surface area contributed by atoms with Gasteiger partial charge in [-0.05, 0) is 25.5 Å². The molecule has 0 radical (unpaired) electrons. The summed E-state index contributed by atoms with van der Waals surface area (Å²) in [6, 6.07) is 0. The van der Waals surface area contributed by atoms with E-state index in [4.69, 9.17) is 0 Å². The first-order chi connectivity index (χ1) is 8.19. The van der Waals surface area contributed by atoms with E-state index in [1.807, 2.05) is 23.5 Å². The van der Waals surface area contributed by atoms with E-state index in [2.05, 4.69) is 29.8 Å². The van der Waals surface area contributed by atoms with Crippen LogP contribution < -0.4 is 5.32 Å². The number of hydrogen-bond acceptors (Lipinski definition) is 3. The standard InChI is InChI=1S/C13H23N3S/c1-4-12-11(9-16(2)15-12)8-14-10-13(17-3)6-5-7-13/h9,14H,4-8,10H2,1-3H3. The molecule has 1 heterocycles. The molecule has 1 fully saturated rings. The topological polar surface area (TPSA) is 29.9 Å². The van der Waals surface area contributed by atoms with Crippen LogP contribution in [-0.2, 0) is 20.0 Å². The highest BCUT2D eigenvalue weighted by Gasteiger charge is 2.35. The van der Waals surface area contributed by atoms with Gasteiger partial charge in [0.15, 0.2) is 0 Å². The highest BCUT2D eigenvalue weighted by Crippen LogP contribution is 2.42. The number of nitrogens with one attached hydrogen (secondary N) is 1. The number of aromatic nitrogens is 2. The van der Waals surface area contributed by atoms with Crippen LogP contribution in [0.5, 0.6) is 0 Å². The molecule has 0 amide bonds. The van der Waals surface area contributed by atoms with Gasteiger partial charge in [-0.25, -0.2) is 0 Å². The Bertz CT molecular complexity index is 363. The third-order valence-electron chi connectivity index (χ3n) is 3.79. The molecule has 0 unspecified atom stereocenters. The molecule has 17 heavy (non-hydrogen) atoms. The second-order valence-corrected chi connectivity index (χ2v) is 6.25.